The van der Waals surface area contributed by atoms with Gasteiger partial charge in [-0.3, -0.25) is 4.90 Å². The first-order chi connectivity index (χ1) is 9.96. The van der Waals surface area contributed by atoms with Crippen LogP contribution in [0.25, 0.3) is 0 Å². The minimum atomic E-state index is -0.906. The minimum Gasteiger partial charge on any atom is -0.480 e. The number of rotatable bonds is 5. The van der Waals surface area contributed by atoms with E-state index in [1.165, 1.54) is 0 Å². The van der Waals surface area contributed by atoms with E-state index in [4.69, 9.17) is 0 Å². The molecule has 1 fully saturated rings. The largest absolute Gasteiger partial charge is 0.480 e. The molecule has 0 bridgehead atoms. The first kappa shape index (κ1) is 16.0. The van der Waals surface area contributed by atoms with Crippen LogP contribution in [0, 0.1) is 5.92 Å². The second-order valence-corrected chi connectivity index (χ2v) is 6.42. The molecule has 21 heavy (non-hydrogen) atoms. The molecule has 0 aliphatic carbocycles. The van der Waals surface area contributed by atoms with Gasteiger partial charge < -0.3 is 10.0 Å². The van der Waals surface area contributed by atoms with Gasteiger partial charge in [0, 0.05) is 26.2 Å². The van der Waals surface area contributed by atoms with Gasteiger partial charge in [-0.25, -0.2) is 4.79 Å². The van der Waals surface area contributed by atoms with Crippen LogP contribution >= 0.6 is 0 Å². The molecule has 1 heterocycles. The molecule has 1 saturated heterocycles. The van der Waals surface area contributed by atoms with Crippen molar-refractivity contribution < 1.29 is 9.90 Å². The molecule has 1 N–H and O–H groups in total. The fourth-order valence-electron chi connectivity index (χ4n) is 3.27. The number of carboxylic acids is 1. The first-order valence-corrected chi connectivity index (χ1v) is 7.69. The molecule has 0 radical (unpaired) electrons. The van der Waals surface area contributed by atoms with Crippen LogP contribution in [-0.2, 0) is 10.3 Å². The van der Waals surface area contributed by atoms with E-state index in [1.807, 2.05) is 30.3 Å². The predicted molar refractivity (Wildman–Crippen MR) is 84.3 cm³/mol. The molecule has 0 amide bonds. The summed E-state index contributed by atoms with van der Waals surface area (Å²) in [5.74, 6) is -0.409. The molecule has 1 atom stereocenters. The number of hydrogen-bond acceptors (Lipinski definition) is 3. The quantitative estimate of drug-likeness (QED) is 0.903. The van der Waals surface area contributed by atoms with Crippen LogP contribution < -0.4 is 0 Å². The Labute approximate surface area is 127 Å². The monoisotopic (exact) mass is 290 g/mol. The number of benzene rings is 1. The van der Waals surface area contributed by atoms with Gasteiger partial charge in [0.25, 0.3) is 0 Å². The zero-order valence-corrected chi connectivity index (χ0v) is 13.2. The van der Waals surface area contributed by atoms with Gasteiger partial charge in [-0.05, 0) is 24.9 Å². The zero-order valence-electron chi connectivity index (χ0n) is 13.2. The number of hydrogen-bond donors (Lipinski definition) is 1. The van der Waals surface area contributed by atoms with Crippen molar-refractivity contribution in [3.05, 3.63) is 35.9 Å². The van der Waals surface area contributed by atoms with Gasteiger partial charge in [-0.1, -0.05) is 44.2 Å². The highest BCUT2D eigenvalue weighted by atomic mass is 16.4. The summed E-state index contributed by atoms with van der Waals surface area (Å²) in [6.45, 7) is 7.61. The smallest absolute Gasteiger partial charge is 0.328 e. The van der Waals surface area contributed by atoms with Gasteiger partial charge >= 0.3 is 5.97 Å². The van der Waals surface area contributed by atoms with E-state index in [2.05, 4.69) is 30.7 Å². The Balaban J connectivity index is 2.43. The molecule has 1 aromatic carbocycles. The lowest BCUT2D eigenvalue weighted by molar-refractivity contribution is -0.155. The average molecular weight is 290 g/mol. The summed E-state index contributed by atoms with van der Waals surface area (Å²) < 4.78 is 0. The van der Waals surface area contributed by atoms with Gasteiger partial charge in [0.2, 0.25) is 0 Å². The van der Waals surface area contributed by atoms with Crippen LogP contribution in [-0.4, -0.2) is 54.1 Å². The Morgan fingerprint density at radius 3 is 2.24 bits per heavy atom. The molecule has 0 saturated carbocycles. The Hall–Kier alpha value is -1.39. The molecular formula is C17H26N2O2. The number of likely N-dealkylation sites (N-methyl/N-ethyl adjacent to an activating group) is 1. The summed E-state index contributed by atoms with van der Waals surface area (Å²) in [6, 6.07) is 9.71. The fourth-order valence-corrected chi connectivity index (χ4v) is 3.27. The zero-order chi connectivity index (χ0) is 15.5. The van der Waals surface area contributed by atoms with E-state index >= 15 is 0 Å². The maximum absolute atomic E-state index is 12.3. The Bertz CT molecular complexity index is 467. The van der Waals surface area contributed by atoms with Gasteiger partial charge in [-0.15, -0.1) is 0 Å². The van der Waals surface area contributed by atoms with Gasteiger partial charge in [0.15, 0.2) is 0 Å². The Morgan fingerprint density at radius 1 is 1.19 bits per heavy atom. The third kappa shape index (κ3) is 3.27. The van der Waals surface area contributed by atoms with E-state index in [-0.39, 0.29) is 0 Å². The highest BCUT2D eigenvalue weighted by molar-refractivity contribution is 5.81. The maximum atomic E-state index is 12.3. The van der Waals surface area contributed by atoms with Crippen LogP contribution in [0.1, 0.15) is 25.8 Å². The van der Waals surface area contributed by atoms with Crippen molar-refractivity contribution in [3.8, 4) is 0 Å². The molecular weight excluding hydrogens is 264 g/mol. The molecule has 1 aromatic rings. The second-order valence-electron chi connectivity index (χ2n) is 6.42. The van der Waals surface area contributed by atoms with E-state index in [1.54, 1.807) is 0 Å². The van der Waals surface area contributed by atoms with Crippen molar-refractivity contribution in [2.75, 3.05) is 33.2 Å². The summed E-state index contributed by atoms with van der Waals surface area (Å²) in [4.78, 5) is 16.7. The first-order valence-electron chi connectivity index (χ1n) is 7.69. The van der Waals surface area contributed by atoms with Crippen LogP contribution in [0.4, 0.5) is 0 Å². The standard InChI is InChI=1S/C17H26N2O2/c1-14(2)13-17(16(20)21,15-7-5-4-6-8-15)19-11-9-18(3)10-12-19/h4-8,14H,9-13H2,1-3H3,(H,20,21). The summed E-state index contributed by atoms with van der Waals surface area (Å²) in [7, 11) is 2.09. The highest BCUT2D eigenvalue weighted by Gasteiger charge is 2.46. The molecule has 1 aliphatic rings. The van der Waals surface area contributed by atoms with E-state index in [0.29, 0.717) is 12.3 Å². The number of aliphatic carboxylic acids is 1. The summed E-state index contributed by atoms with van der Waals surface area (Å²) in [5, 5.41) is 10.1. The molecule has 0 spiro atoms. The number of nitrogens with zero attached hydrogens (tertiary/aromatic N) is 2. The lowest BCUT2D eigenvalue weighted by atomic mass is 9.80. The summed E-state index contributed by atoms with van der Waals surface area (Å²) >= 11 is 0. The molecule has 4 nitrogen and oxygen atoms in total. The Kier molecular flexibility index (Phi) is 5.01. The number of piperazine rings is 1. The minimum absolute atomic E-state index is 0.320. The van der Waals surface area contributed by atoms with Crippen LogP contribution in [0.2, 0.25) is 0 Å². The lowest BCUT2D eigenvalue weighted by Gasteiger charge is -2.45. The Morgan fingerprint density at radius 2 is 1.76 bits per heavy atom. The van der Waals surface area contributed by atoms with Crippen LogP contribution in [0.3, 0.4) is 0 Å². The van der Waals surface area contributed by atoms with Crippen molar-refractivity contribution >= 4 is 5.97 Å². The summed E-state index contributed by atoms with van der Waals surface area (Å²) in [5.41, 5.74) is -0.00722. The van der Waals surface area contributed by atoms with Crippen molar-refractivity contribution in [1.29, 1.82) is 0 Å². The molecule has 116 valence electrons. The van der Waals surface area contributed by atoms with Crippen molar-refractivity contribution in [2.45, 2.75) is 25.8 Å². The predicted octanol–water partition coefficient (Wildman–Crippen LogP) is 2.26. The fraction of sp³-hybridized carbons (Fsp3) is 0.588. The maximum Gasteiger partial charge on any atom is 0.328 e. The van der Waals surface area contributed by atoms with Gasteiger partial charge in [0.05, 0.1) is 0 Å². The number of carboxylic acid groups (broad SMARTS) is 1. The molecule has 1 aliphatic heterocycles. The third-order valence-corrected chi connectivity index (χ3v) is 4.35. The van der Waals surface area contributed by atoms with Gasteiger partial charge in [0.1, 0.15) is 5.54 Å². The third-order valence-electron chi connectivity index (χ3n) is 4.35. The van der Waals surface area contributed by atoms with E-state index < -0.39 is 11.5 Å². The number of carbonyl (C=O) groups is 1. The lowest BCUT2D eigenvalue weighted by Crippen LogP contribution is -2.58. The van der Waals surface area contributed by atoms with Crippen LogP contribution in [0.15, 0.2) is 30.3 Å². The topological polar surface area (TPSA) is 43.8 Å². The SMILES string of the molecule is CC(C)CC(C(=O)O)(c1ccccc1)N1CCN(C)CC1. The van der Waals surface area contributed by atoms with E-state index in [9.17, 15) is 9.90 Å². The molecule has 1 unspecified atom stereocenters. The van der Waals surface area contributed by atoms with Crippen molar-refractivity contribution in [2.24, 2.45) is 5.92 Å². The van der Waals surface area contributed by atoms with Crippen LogP contribution in [0.5, 0.6) is 0 Å². The highest BCUT2D eigenvalue weighted by Crippen LogP contribution is 2.36. The molecule has 2 rings (SSSR count). The van der Waals surface area contributed by atoms with Crippen molar-refractivity contribution in [1.82, 2.24) is 9.80 Å². The summed E-state index contributed by atoms with van der Waals surface area (Å²) in [6.07, 6.45) is 0.635. The van der Waals surface area contributed by atoms with Gasteiger partial charge in [-0.2, -0.15) is 0 Å². The van der Waals surface area contributed by atoms with E-state index in [0.717, 1.165) is 31.7 Å². The molecule has 4 heteroatoms. The molecule has 0 aromatic heterocycles. The van der Waals surface area contributed by atoms with Crippen molar-refractivity contribution in [3.63, 3.8) is 0 Å². The average Bonchev–Trinajstić information content (AvgIpc) is 2.46. The second kappa shape index (κ2) is 6.58. The normalized spacial score (nSPS) is 20.4.